The van der Waals surface area contributed by atoms with Crippen LogP contribution in [0.1, 0.15) is 32.6 Å². The van der Waals surface area contributed by atoms with Crippen LogP contribution >= 0.6 is 11.3 Å². The van der Waals surface area contributed by atoms with Crippen LogP contribution in [0.2, 0.25) is 0 Å². The maximum absolute atomic E-state index is 12.9. The number of anilines is 1. The molecule has 0 radical (unpaired) electrons. The first-order valence-corrected chi connectivity index (χ1v) is 9.62. The van der Waals surface area contributed by atoms with Crippen molar-refractivity contribution in [3.63, 3.8) is 0 Å². The maximum atomic E-state index is 12.9. The summed E-state index contributed by atoms with van der Waals surface area (Å²) in [5.74, 6) is -0.213. The normalized spacial score (nSPS) is 25.1. The van der Waals surface area contributed by atoms with E-state index in [1.807, 2.05) is 6.92 Å². The summed E-state index contributed by atoms with van der Waals surface area (Å²) in [6.45, 7) is 1.62. The highest BCUT2D eigenvalue weighted by Gasteiger charge is 2.55. The van der Waals surface area contributed by atoms with Gasteiger partial charge in [0.25, 0.3) is 5.91 Å². The standard InChI is InChI=1S/C17H19N5O4S/c1-10-5-2-3-7-17(10)14(24)22(16(25)19-17)9-12(23)18-15-21-20-13(27-15)11-6-4-8-26-11/h4,6,8,10H,2-3,5,7,9H2,1H3,(H,19,25)(H,18,21,23)/t10-,17+/m0/s1. The third kappa shape index (κ3) is 3.09. The molecular weight excluding hydrogens is 370 g/mol. The Bertz CT molecular complexity index is 880. The van der Waals surface area contributed by atoms with Gasteiger partial charge in [-0.2, -0.15) is 0 Å². The lowest BCUT2D eigenvalue weighted by Gasteiger charge is -2.36. The molecule has 0 bridgehead atoms. The van der Waals surface area contributed by atoms with E-state index in [0.717, 1.165) is 35.5 Å². The zero-order valence-electron chi connectivity index (χ0n) is 14.7. The van der Waals surface area contributed by atoms with E-state index >= 15 is 0 Å². The minimum Gasteiger partial charge on any atom is -0.462 e. The number of nitrogens with zero attached hydrogens (tertiary/aromatic N) is 3. The third-order valence-electron chi connectivity index (χ3n) is 5.21. The van der Waals surface area contributed by atoms with Crippen LogP contribution < -0.4 is 10.6 Å². The number of furan rings is 1. The average molecular weight is 389 g/mol. The number of urea groups is 1. The molecule has 2 atom stereocenters. The van der Waals surface area contributed by atoms with Crippen molar-refractivity contribution in [1.29, 1.82) is 0 Å². The maximum Gasteiger partial charge on any atom is 0.325 e. The summed E-state index contributed by atoms with van der Waals surface area (Å²) in [6, 6.07) is 2.95. The molecule has 1 saturated heterocycles. The number of carbonyl (C=O) groups excluding carboxylic acids is 3. The highest BCUT2D eigenvalue weighted by atomic mass is 32.1. The van der Waals surface area contributed by atoms with Gasteiger partial charge in [0.2, 0.25) is 11.0 Å². The lowest BCUT2D eigenvalue weighted by Crippen LogP contribution is -2.54. The first-order valence-electron chi connectivity index (χ1n) is 8.81. The molecule has 0 unspecified atom stereocenters. The molecule has 0 aromatic carbocycles. The quantitative estimate of drug-likeness (QED) is 0.775. The van der Waals surface area contributed by atoms with Crippen LogP contribution in [0.25, 0.3) is 10.8 Å². The molecule has 9 nitrogen and oxygen atoms in total. The van der Waals surface area contributed by atoms with Crippen LogP contribution in [0.15, 0.2) is 22.8 Å². The second kappa shape index (κ2) is 6.76. The van der Waals surface area contributed by atoms with E-state index in [4.69, 9.17) is 4.42 Å². The summed E-state index contributed by atoms with van der Waals surface area (Å²) in [5.41, 5.74) is -0.870. The Hall–Kier alpha value is -2.75. The highest BCUT2D eigenvalue weighted by Crippen LogP contribution is 2.38. The van der Waals surface area contributed by atoms with Crippen LogP contribution in [0.3, 0.4) is 0 Å². The van der Waals surface area contributed by atoms with Crippen molar-refractivity contribution in [3.8, 4) is 10.8 Å². The molecule has 1 saturated carbocycles. The van der Waals surface area contributed by atoms with E-state index < -0.39 is 17.5 Å². The summed E-state index contributed by atoms with van der Waals surface area (Å²) in [4.78, 5) is 38.5. The van der Waals surface area contributed by atoms with E-state index in [1.54, 1.807) is 12.1 Å². The van der Waals surface area contributed by atoms with Gasteiger partial charge in [-0.15, -0.1) is 10.2 Å². The Labute approximate surface area is 159 Å². The minimum absolute atomic E-state index is 0.0507. The van der Waals surface area contributed by atoms with Crippen molar-refractivity contribution < 1.29 is 18.8 Å². The number of hydrogen-bond acceptors (Lipinski definition) is 7. The summed E-state index contributed by atoms with van der Waals surface area (Å²) >= 11 is 1.15. The molecule has 2 aliphatic rings. The van der Waals surface area contributed by atoms with Gasteiger partial charge in [0.15, 0.2) is 10.8 Å². The molecule has 2 aromatic heterocycles. The summed E-state index contributed by atoms with van der Waals surface area (Å²) in [6.07, 6.45) is 4.94. The molecule has 4 amide bonds. The van der Waals surface area contributed by atoms with E-state index in [0.29, 0.717) is 17.2 Å². The Morgan fingerprint density at radius 1 is 1.44 bits per heavy atom. The molecule has 142 valence electrons. The number of aromatic nitrogens is 2. The Morgan fingerprint density at radius 2 is 2.30 bits per heavy atom. The average Bonchev–Trinajstić information content (AvgIpc) is 3.36. The highest BCUT2D eigenvalue weighted by molar-refractivity contribution is 7.18. The number of nitrogens with one attached hydrogen (secondary N) is 2. The van der Waals surface area contributed by atoms with Gasteiger partial charge in [0.1, 0.15) is 12.1 Å². The van der Waals surface area contributed by atoms with Gasteiger partial charge in [0, 0.05) is 0 Å². The molecule has 2 aromatic rings. The van der Waals surface area contributed by atoms with Gasteiger partial charge in [0.05, 0.1) is 6.26 Å². The van der Waals surface area contributed by atoms with Crippen molar-refractivity contribution in [3.05, 3.63) is 18.4 Å². The summed E-state index contributed by atoms with van der Waals surface area (Å²) in [5, 5.41) is 14.1. The Morgan fingerprint density at radius 3 is 3.04 bits per heavy atom. The number of amides is 4. The molecule has 2 N–H and O–H groups in total. The number of hydrogen-bond donors (Lipinski definition) is 2. The Balaban J connectivity index is 1.42. The van der Waals surface area contributed by atoms with Crippen molar-refractivity contribution in [2.24, 2.45) is 5.92 Å². The molecule has 1 aliphatic heterocycles. The largest absolute Gasteiger partial charge is 0.462 e. The van der Waals surface area contributed by atoms with Crippen molar-refractivity contribution >= 4 is 34.3 Å². The van der Waals surface area contributed by atoms with Crippen LogP contribution in [-0.2, 0) is 9.59 Å². The van der Waals surface area contributed by atoms with E-state index in [9.17, 15) is 14.4 Å². The predicted octanol–water partition coefficient (Wildman–Crippen LogP) is 2.24. The van der Waals surface area contributed by atoms with Gasteiger partial charge in [-0.1, -0.05) is 31.1 Å². The summed E-state index contributed by atoms with van der Waals surface area (Å²) < 4.78 is 5.24. The van der Waals surface area contributed by atoms with Gasteiger partial charge >= 0.3 is 6.03 Å². The fraction of sp³-hybridized carbons (Fsp3) is 0.471. The van der Waals surface area contributed by atoms with Gasteiger partial charge in [-0.25, -0.2) is 4.79 Å². The number of rotatable bonds is 4. The fourth-order valence-electron chi connectivity index (χ4n) is 3.71. The molecule has 10 heteroatoms. The van der Waals surface area contributed by atoms with Crippen LogP contribution in [0.4, 0.5) is 9.93 Å². The summed E-state index contributed by atoms with van der Waals surface area (Å²) in [7, 11) is 0. The molecular formula is C17H19N5O4S. The second-order valence-electron chi connectivity index (χ2n) is 6.88. The van der Waals surface area contributed by atoms with Gasteiger partial charge in [-0.05, 0) is 30.9 Å². The Kier molecular flexibility index (Phi) is 4.42. The van der Waals surface area contributed by atoms with Crippen LogP contribution in [0, 0.1) is 5.92 Å². The lowest BCUT2D eigenvalue weighted by atomic mass is 9.73. The smallest absolute Gasteiger partial charge is 0.325 e. The SMILES string of the molecule is C[C@H]1CCCC[C@@]12NC(=O)N(CC(=O)Nc1nnc(-c3ccco3)s1)C2=O. The van der Waals surface area contributed by atoms with E-state index in [-0.39, 0.29) is 23.5 Å². The molecule has 1 aliphatic carbocycles. The minimum atomic E-state index is -0.870. The molecule has 4 rings (SSSR count). The zero-order valence-corrected chi connectivity index (χ0v) is 15.5. The zero-order chi connectivity index (χ0) is 19.0. The predicted molar refractivity (Wildman–Crippen MR) is 96.8 cm³/mol. The fourth-order valence-corrected chi connectivity index (χ4v) is 4.44. The first kappa shape index (κ1) is 17.7. The molecule has 27 heavy (non-hydrogen) atoms. The molecule has 3 heterocycles. The van der Waals surface area contributed by atoms with Crippen LogP contribution in [-0.4, -0.2) is 45.0 Å². The molecule has 2 fully saturated rings. The number of carbonyl (C=O) groups is 3. The van der Waals surface area contributed by atoms with Crippen molar-refractivity contribution in [1.82, 2.24) is 20.4 Å². The lowest BCUT2D eigenvalue weighted by molar-refractivity contribution is -0.136. The van der Waals surface area contributed by atoms with Crippen molar-refractivity contribution in [2.45, 2.75) is 38.1 Å². The van der Waals surface area contributed by atoms with Gasteiger partial charge < -0.3 is 9.73 Å². The third-order valence-corrected chi connectivity index (χ3v) is 6.06. The van der Waals surface area contributed by atoms with Crippen LogP contribution in [0.5, 0.6) is 0 Å². The molecule has 1 spiro atoms. The van der Waals surface area contributed by atoms with Gasteiger partial charge in [-0.3, -0.25) is 19.8 Å². The van der Waals surface area contributed by atoms with E-state index in [1.165, 1.54) is 6.26 Å². The monoisotopic (exact) mass is 389 g/mol. The van der Waals surface area contributed by atoms with E-state index in [2.05, 4.69) is 20.8 Å². The first-order chi connectivity index (χ1) is 13.0. The second-order valence-corrected chi connectivity index (χ2v) is 7.85. The van der Waals surface area contributed by atoms with Crippen molar-refractivity contribution in [2.75, 3.05) is 11.9 Å². The topological polar surface area (TPSA) is 117 Å². The number of imide groups is 1.